The lowest BCUT2D eigenvalue weighted by Crippen LogP contribution is -2.08. The third-order valence-electron chi connectivity index (χ3n) is 2.44. The van der Waals surface area contributed by atoms with E-state index in [1.54, 1.807) is 31.3 Å². The molecule has 1 rings (SSSR count). The first-order valence-electron chi connectivity index (χ1n) is 5.90. The van der Waals surface area contributed by atoms with Gasteiger partial charge in [-0.1, -0.05) is 30.9 Å². The first-order valence-corrected chi connectivity index (χ1v) is 5.90. The maximum absolute atomic E-state index is 12.9. The van der Waals surface area contributed by atoms with Crippen molar-refractivity contribution in [2.24, 2.45) is 10.8 Å². The summed E-state index contributed by atoms with van der Waals surface area (Å²) in [7, 11) is 1.72. The molecule has 0 aliphatic carbocycles. The molecule has 0 aromatic heterocycles. The van der Waals surface area contributed by atoms with E-state index in [0.29, 0.717) is 6.42 Å². The summed E-state index contributed by atoms with van der Waals surface area (Å²) in [6.45, 7) is 3.66. The molecule has 0 fully saturated rings. The Morgan fingerprint density at radius 3 is 2.63 bits per heavy atom. The second-order valence-corrected chi connectivity index (χ2v) is 3.80. The Bertz CT molecular complexity index is 499. The first kappa shape index (κ1) is 14.7. The van der Waals surface area contributed by atoms with Crippen LogP contribution in [0.5, 0.6) is 0 Å². The van der Waals surface area contributed by atoms with Gasteiger partial charge in [0.05, 0.1) is 5.71 Å². The number of benzene rings is 1. The fourth-order valence-electron chi connectivity index (χ4n) is 1.63. The number of hydrazone groups is 1. The first-order chi connectivity index (χ1) is 9.21. The zero-order valence-electron chi connectivity index (χ0n) is 10.9. The molecule has 0 aliphatic rings. The summed E-state index contributed by atoms with van der Waals surface area (Å²) < 4.78 is 12.9. The van der Waals surface area contributed by atoms with Crippen molar-refractivity contribution >= 4 is 5.71 Å². The summed E-state index contributed by atoms with van der Waals surface area (Å²) in [5, 5.41) is 4.22. The average Bonchev–Trinajstić information content (AvgIpc) is 2.40. The summed E-state index contributed by atoms with van der Waals surface area (Å²) in [4.78, 5) is 0. The molecule has 1 aromatic rings. The average molecular weight is 259 g/mol. The van der Waals surface area contributed by atoms with Crippen molar-refractivity contribution in [2.45, 2.75) is 6.42 Å². The van der Waals surface area contributed by atoms with E-state index in [4.69, 9.17) is 5.73 Å². The van der Waals surface area contributed by atoms with E-state index in [-0.39, 0.29) is 5.82 Å². The summed E-state index contributed by atoms with van der Waals surface area (Å²) >= 11 is 0. The minimum Gasteiger partial charge on any atom is -0.405 e. The van der Waals surface area contributed by atoms with Crippen LogP contribution in [0.3, 0.4) is 0 Å². The summed E-state index contributed by atoms with van der Waals surface area (Å²) in [6.07, 6.45) is 7.38. The Hall–Kier alpha value is -2.36. The molecule has 0 amide bonds. The van der Waals surface area contributed by atoms with Crippen molar-refractivity contribution in [3.8, 4) is 0 Å². The lowest BCUT2D eigenvalue weighted by molar-refractivity contribution is 0.627. The molecule has 0 radical (unpaired) electrons. The van der Waals surface area contributed by atoms with Crippen LogP contribution in [0, 0.1) is 5.82 Å². The minimum absolute atomic E-state index is 0.267. The van der Waals surface area contributed by atoms with Crippen LogP contribution in [0.25, 0.3) is 0 Å². The SMILES string of the molecule is C=C/C=C(\C=C/N)CC(=NNC)c1ccc(F)cc1. The maximum Gasteiger partial charge on any atom is 0.123 e. The van der Waals surface area contributed by atoms with Crippen molar-refractivity contribution in [3.05, 3.63) is 72.2 Å². The maximum atomic E-state index is 12.9. The van der Waals surface area contributed by atoms with Gasteiger partial charge in [0.25, 0.3) is 0 Å². The van der Waals surface area contributed by atoms with Crippen molar-refractivity contribution in [1.29, 1.82) is 0 Å². The van der Waals surface area contributed by atoms with E-state index < -0.39 is 0 Å². The lowest BCUT2D eigenvalue weighted by atomic mass is 10.0. The van der Waals surface area contributed by atoms with Crippen LogP contribution >= 0.6 is 0 Å². The van der Waals surface area contributed by atoms with Gasteiger partial charge in [-0.25, -0.2) is 4.39 Å². The fourth-order valence-corrected chi connectivity index (χ4v) is 1.63. The van der Waals surface area contributed by atoms with E-state index in [1.165, 1.54) is 18.3 Å². The predicted molar refractivity (Wildman–Crippen MR) is 78.2 cm³/mol. The Labute approximate surface area is 113 Å². The zero-order valence-corrected chi connectivity index (χ0v) is 10.9. The standard InChI is InChI=1S/C15H18FN3/c1-3-4-12(9-10-17)11-15(19-18-2)13-5-7-14(16)8-6-13/h3-10,18H,1,11,17H2,2H3/b10-9-,12-4+,19-15?. The highest BCUT2D eigenvalue weighted by atomic mass is 19.1. The third-order valence-corrected chi connectivity index (χ3v) is 2.44. The van der Waals surface area contributed by atoms with Gasteiger partial charge in [0, 0.05) is 13.5 Å². The zero-order chi connectivity index (χ0) is 14.1. The smallest absolute Gasteiger partial charge is 0.123 e. The van der Waals surface area contributed by atoms with Crippen LogP contribution < -0.4 is 11.2 Å². The minimum atomic E-state index is -0.267. The molecule has 0 saturated heterocycles. The van der Waals surface area contributed by atoms with E-state index in [1.807, 2.05) is 6.08 Å². The number of halogens is 1. The van der Waals surface area contributed by atoms with Gasteiger partial charge in [-0.15, -0.1) is 0 Å². The Morgan fingerprint density at radius 1 is 1.42 bits per heavy atom. The molecule has 0 heterocycles. The monoisotopic (exact) mass is 259 g/mol. The molecule has 100 valence electrons. The van der Waals surface area contributed by atoms with Crippen LogP contribution in [0.1, 0.15) is 12.0 Å². The van der Waals surface area contributed by atoms with Crippen molar-refractivity contribution in [3.63, 3.8) is 0 Å². The van der Waals surface area contributed by atoms with Gasteiger partial charge in [0.2, 0.25) is 0 Å². The van der Waals surface area contributed by atoms with E-state index in [9.17, 15) is 4.39 Å². The number of rotatable bonds is 6. The summed E-state index contributed by atoms with van der Waals surface area (Å²) in [6, 6.07) is 6.22. The van der Waals surface area contributed by atoms with Gasteiger partial charge in [-0.2, -0.15) is 5.10 Å². The molecule has 4 heteroatoms. The number of allylic oxidation sites excluding steroid dienone is 4. The van der Waals surface area contributed by atoms with Crippen LogP contribution in [0.15, 0.2) is 65.9 Å². The van der Waals surface area contributed by atoms with E-state index in [0.717, 1.165) is 16.8 Å². The second-order valence-electron chi connectivity index (χ2n) is 3.80. The largest absolute Gasteiger partial charge is 0.405 e. The molecule has 0 spiro atoms. The van der Waals surface area contributed by atoms with Crippen LogP contribution in [0.4, 0.5) is 4.39 Å². The molecule has 0 saturated carbocycles. The highest BCUT2D eigenvalue weighted by Crippen LogP contribution is 2.12. The molecule has 0 aliphatic heterocycles. The molecular weight excluding hydrogens is 241 g/mol. The van der Waals surface area contributed by atoms with E-state index >= 15 is 0 Å². The highest BCUT2D eigenvalue weighted by molar-refractivity contribution is 6.02. The molecule has 0 unspecified atom stereocenters. The van der Waals surface area contributed by atoms with Gasteiger partial charge in [-0.3, -0.25) is 0 Å². The van der Waals surface area contributed by atoms with Gasteiger partial charge in [-0.05, 0) is 35.5 Å². The number of nitrogens with one attached hydrogen (secondary N) is 1. The van der Waals surface area contributed by atoms with Crippen LogP contribution in [0.2, 0.25) is 0 Å². The van der Waals surface area contributed by atoms with E-state index in [2.05, 4.69) is 17.1 Å². The van der Waals surface area contributed by atoms with Crippen molar-refractivity contribution in [1.82, 2.24) is 5.43 Å². The van der Waals surface area contributed by atoms with Crippen LogP contribution in [-0.4, -0.2) is 12.8 Å². The Morgan fingerprint density at radius 2 is 2.11 bits per heavy atom. The molecule has 3 nitrogen and oxygen atoms in total. The number of nitrogens with zero attached hydrogens (tertiary/aromatic N) is 1. The van der Waals surface area contributed by atoms with Gasteiger partial charge >= 0.3 is 0 Å². The van der Waals surface area contributed by atoms with Crippen molar-refractivity contribution < 1.29 is 4.39 Å². The molecule has 1 aromatic carbocycles. The molecule has 3 N–H and O–H groups in total. The fraction of sp³-hybridized carbons (Fsp3) is 0.133. The molecule has 0 atom stereocenters. The predicted octanol–water partition coefficient (Wildman–Crippen LogP) is 2.72. The van der Waals surface area contributed by atoms with Crippen LogP contribution in [-0.2, 0) is 0 Å². The topological polar surface area (TPSA) is 50.4 Å². The summed E-state index contributed by atoms with van der Waals surface area (Å²) in [5.74, 6) is -0.267. The lowest BCUT2D eigenvalue weighted by Gasteiger charge is -2.07. The second kappa shape index (κ2) is 7.87. The summed E-state index contributed by atoms with van der Waals surface area (Å²) in [5.41, 5.74) is 10.8. The Kier molecular flexibility index (Phi) is 6.09. The van der Waals surface area contributed by atoms with Gasteiger partial charge < -0.3 is 11.2 Å². The molecule has 19 heavy (non-hydrogen) atoms. The number of nitrogens with two attached hydrogens (primary N) is 1. The quantitative estimate of drug-likeness (QED) is 0.469. The number of hydrogen-bond donors (Lipinski definition) is 2. The molecular formula is C15H18FN3. The normalized spacial score (nSPS) is 12.7. The molecule has 0 bridgehead atoms. The third kappa shape index (κ3) is 4.79. The highest BCUT2D eigenvalue weighted by Gasteiger charge is 2.06. The van der Waals surface area contributed by atoms with Gasteiger partial charge in [0.1, 0.15) is 5.82 Å². The van der Waals surface area contributed by atoms with Crippen molar-refractivity contribution in [2.75, 3.05) is 7.05 Å². The number of hydrogen-bond acceptors (Lipinski definition) is 3. The Balaban J connectivity index is 3.02. The van der Waals surface area contributed by atoms with Gasteiger partial charge in [0.15, 0.2) is 0 Å².